The van der Waals surface area contributed by atoms with Crippen LogP contribution in [0.3, 0.4) is 0 Å². The molecule has 0 saturated carbocycles. The summed E-state index contributed by atoms with van der Waals surface area (Å²) in [5.74, 6) is 0.862. The number of rotatable bonds is 3. The molecular formula is C17H15NaO2S. The molecule has 2 aromatic carbocycles. The summed E-state index contributed by atoms with van der Waals surface area (Å²) in [7, 11) is 1.59. The van der Waals surface area contributed by atoms with Crippen molar-refractivity contribution in [3.8, 4) is 11.5 Å². The second kappa shape index (κ2) is 7.14. The van der Waals surface area contributed by atoms with Gasteiger partial charge in [0.1, 0.15) is 11.5 Å². The molecule has 1 heterocycles. The van der Waals surface area contributed by atoms with Gasteiger partial charge in [0, 0.05) is 15.6 Å². The number of thiophene rings is 1. The Kier molecular flexibility index (Phi) is 5.48. The van der Waals surface area contributed by atoms with E-state index in [4.69, 9.17) is 4.74 Å². The van der Waals surface area contributed by atoms with Gasteiger partial charge in [0.25, 0.3) is 0 Å². The van der Waals surface area contributed by atoms with Crippen LogP contribution < -0.4 is 4.74 Å². The Morgan fingerprint density at radius 2 is 1.86 bits per heavy atom. The fourth-order valence-electron chi connectivity index (χ4n) is 2.08. The third-order valence-corrected chi connectivity index (χ3v) is 4.12. The van der Waals surface area contributed by atoms with Crippen LogP contribution in [0.25, 0.3) is 22.2 Å². The molecule has 0 radical (unpaired) electrons. The normalized spacial score (nSPS) is 10.7. The molecule has 0 aliphatic carbocycles. The molecule has 1 N–H and O–H groups in total. The number of fused-ring (bicyclic) bond motifs is 1. The first-order chi connectivity index (χ1) is 9.74. The number of phenolic OH excluding ortho intramolecular Hbond substituents is 1. The molecule has 3 rings (SSSR count). The van der Waals surface area contributed by atoms with Gasteiger partial charge in [-0.2, -0.15) is 0 Å². The molecule has 0 bridgehead atoms. The van der Waals surface area contributed by atoms with Gasteiger partial charge in [-0.3, -0.25) is 0 Å². The van der Waals surface area contributed by atoms with E-state index < -0.39 is 0 Å². The van der Waals surface area contributed by atoms with Crippen molar-refractivity contribution in [3.05, 3.63) is 59.0 Å². The fraction of sp³-hybridized carbons (Fsp3) is 0.0588. The second-order valence-electron chi connectivity index (χ2n) is 4.48. The van der Waals surface area contributed by atoms with Gasteiger partial charge in [0.2, 0.25) is 0 Å². The van der Waals surface area contributed by atoms with E-state index >= 15 is 0 Å². The maximum atomic E-state index is 9.63. The summed E-state index contributed by atoms with van der Waals surface area (Å²) in [6.07, 6.45) is 4.03. The first kappa shape index (κ1) is 16.1. The summed E-state index contributed by atoms with van der Waals surface area (Å²) in [4.78, 5) is 1.19. The molecule has 21 heavy (non-hydrogen) atoms. The quantitative estimate of drug-likeness (QED) is 0.737. The Bertz CT molecular complexity index is 744. The number of benzene rings is 2. The van der Waals surface area contributed by atoms with Crippen LogP contribution in [0, 0.1) is 0 Å². The number of ether oxygens (including phenoxy) is 1. The predicted octanol–water partition coefficient (Wildman–Crippen LogP) is 4.14. The fourth-order valence-corrected chi connectivity index (χ4v) is 3.05. The van der Waals surface area contributed by atoms with Crippen LogP contribution in [0.5, 0.6) is 11.5 Å². The molecule has 0 unspecified atom stereocenters. The van der Waals surface area contributed by atoms with Crippen LogP contribution in [-0.2, 0) is 0 Å². The number of hydrogen-bond donors (Lipinski definition) is 1. The molecule has 4 heteroatoms. The summed E-state index contributed by atoms with van der Waals surface area (Å²) in [6.45, 7) is 0. The Labute approximate surface area is 150 Å². The average molecular weight is 306 g/mol. The molecule has 2 nitrogen and oxygen atoms in total. The van der Waals surface area contributed by atoms with Gasteiger partial charge in [-0.05, 0) is 41.3 Å². The molecule has 102 valence electrons. The standard InChI is InChI=1S/C17H14O2S.Na.H/c1-19-15-9-12(8-14(18)11-15)6-7-16-10-13-4-2-3-5-17(13)20-16;;/h2-11,18H,1H3;;/b7-6+;;. The van der Waals surface area contributed by atoms with E-state index in [9.17, 15) is 5.11 Å². The second-order valence-corrected chi connectivity index (χ2v) is 5.60. The minimum atomic E-state index is 0. The summed E-state index contributed by atoms with van der Waals surface area (Å²) < 4.78 is 6.42. The molecule has 0 saturated heterocycles. The van der Waals surface area contributed by atoms with Crippen molar-refractivity contribution in [2.45, 2.75) is 0 Å². The van der Waals surface area contributed by atoms with Crippen LogP contribution >= 0.6 is 11.3 Å². The topological polar surface area (TPSA) is 29.5 Å². The Morgan fingerprint density at radius 3 is 2.62 bits per heavy atom. The molecule has 0 aliphatic rings. The van der Waals surface area contributed by atoms with Gasteiger partial charge >= 0.3 is 29.6 Å². The zero-order valence-electron chi connectivity index (χ0n) is 11.0. The summed E-state index contributed by atoms with van der Waals surface area (Å²) >= 11 is 1.75. The van der Waals surface area contributed by atoms with Gasteiger partial charge < -0.3 is 9.84 Å². The van der Waals surface area contributed by atoms with E-state index in [-0.39, 0.29) is 35.3 Å². The number of aromatic hydroxyl groups is 1. The molecule has 0 amide bonds. The van der Waals surface area contributed by atoms with Crippen LogP contribution in [0.4, 0.5) is 0 Å². The summed E-state index contributed by atoms with van der Waals surface area (Å²) in [6, 6.07) is 15.7. The Balaban J connectivity index is 0.00000161. The van der Waals surface area contributed by atoms with Crippen LogP contribution in [0.2, 0.25) is 0 Å². The number of hydrogen-bond acceptors (Lipinski definition) is 3. The van der Waals surface area contributed by atoms with E-state index in [1.165, 1.54) is 15.0 Å². The minimum absolute atomic E-state index is 0. The molecule has 0 aliphatic heterocycles. The predicted molar refractivity (Wildman–Crippen MR) is 92.6 cm³/mol. The molecule has 0 atom stereocenters. The van der Waals surface area contributed by atoms with Gasteiger partial charge in [-0.25, -0.2) is 0 Å². The van der Waals surface area contributed by atoms with Crippen molar-refractivity contribution in [1.82, 2.24) is 0 Å². The van der Waals surface area contributed by atoms with Crippen molar-refractivity contribution >= 4 is 63.1 Å². The van der Waals surface area contributed by atoms with Crippen molar-refractivity contribution in [2.24, 2.45) is 0 Å². The van der Waals surface area contributed by atoms with E-state index in [2.05, 4.69) is 24.3 Å². The van der Waals surface area contributed by atoms with Crippen LogP contribution in [0.15, 0.2) is 48.5 Å². The van der Waals surface area contributed by atoms with Crippen LogP contribution in [0.1, 0.15) is 10.4 Å². The van der Waals surface area contributed by atoms with Gasteiger partial charge in [-0.1, -0.05) is 24.3 Å². The molecular weight excluding hydrogens is 291 g/mol. The van der Waals surface area contributed by atoms with Crippen molar-refractivity contribution in [3.63, 3.8) is 0 Å². The summed E-state index contributed by atoms with van der Waals surface area (Å²) in [5, 5.41) is 10.9. The van der Waals surface area contributed by atoms with E-state index in [0.29, 0.717) is 5.75 Å². The van der Waals surface area contributed by atoms with Gasteiger partial charge in [0.05, 0.1) is 7.11 Å². The van der Waals surface area contributed by atoms with E-state index in [1.54, 1.807) is 30.6 Å². The van der Waals surface area contributed by atoms with Crippen LogP contribution in [-0.4, -0.2) is 41.8 Å². The number of methoxy groups -OCH3 is 1. The zero-order chi connectivity index (χ0) is 13.9. The van der Waals surface area contributed by atoms with Gasteiger partial charge in [0.15, 0.2) is 0 Å². The summed E-state index contributed by atoms with van der Waals surface area (Å²) in [5.41, 5.74) is 0.916. The van der Waals surface area contributed by atoms with Crippen molar-refractivity contribution in [2.75, 3.05) is 7.11 Å². The SMILES string of the molecule is COc1cc(O)cc(/C=C/c2cc3ccccc3s2)c1.[NaH]. The average Bonchev–Trinajstić information content (AvgIpc) is 2.87. The molecule has 1 aromatic heterocycles. The molecule has 3 aromatic rings. The van der Waals surface area contributed by atoms with Crippen molar-refractivity contribution < 1.29 is 9.84 Å². The van der Waals surface area contributed by atoms with E-state index in [1.807, 2.05) is 24.3 Å². The Morgan fingerprint density at radius 1 is 1.05 bits per heavy atom. The monoisotopic (exact) mass is 306 g/mol. The van der Waals surface area contributed by atoms with Gasteiger partial charge in [-0.15, -0.1) is 11.3 Å². The van der Waals surface area contributed by atoms with E-state index in [0.717, 1.165) is 5.56 Å². The third kappa shape index (κ3) is 3.89. The molecule has 0 spiro atoms. The first-order valence-corrected chi connectivity index (χ1v) is 7.11. The first-order valence-electron chi connectivity index (χ1n) is 6.29. The zero-order valence-corrected chi connectivity index (χ0v) is 11.9. The van der Waals surface area contributed by atoms with Crippen molar-refractivity contribution in [1.29, 1.82) is 0 Å². The maximum absolute atomic E-state index is 9.63. The molecule has 0 fully saturated rings. The third-order valence-electron chi connectivity index (χ3n) is 3.03. The number of phenols is 1. The Hall–Kier alpha value is -1.26.